The summed E-state index contributed by atoms with van der Waals surface area (Å²) in [7, 11) is -1.60. The van der Waals surface area contributed by atoms with Crippen molar-refractivity contribution in [3.8, 4) is 0 Å². The quantitative estimate of drug-likeness (QED) is 0.296. The van der Waals surface area contributed by atoms with Gasteiger partial charge in [-0.1, -0.05) is 11.2 Å². The molecule has 0 atom stereocenters. The average Bonchev–Trinajstić information content (AvgIpc) is 2.24. The van der Waals surface area contributed by atoms with Crippen molar-refractivity contribution < 1.29 is 10.0 Å². The van der Waals surface area contributed by atoms with Crippen LogP contribution < -0.4 is 11.2 Å². The molecule has 0 fully saturated rings. The summed E-state index contributed by atoms with van der Waals surface area (Å²) in [5.74, 6) is 0. The largest absolute Gasteiger partial charge is 0.488 e. The molecule has 0 bridgehead atoms. The molecule has 0 saturated carbocycles. The number of nitrogens with two attached hydrogens (primary N) is 1. The lowest BCUT2D eigenvalue weighted by molar-refractivity contribution is 0.425. The van der Waals surface area contributed by atoms with E-state index in [1.54, 1.807) is 19.9 Å². The molecule has 84 valence electrons. The molecule has 4 N–H and O–H groups in total. The molecule has 0 aliphatic heterocycles. The summed E-state index contributed by atoms with van der Waals surface area (Å²) in [6.45, 7) is 3.71. The minimum atomic E-state index is -1.60. The zero-order chi connectivity index (χ0) is 12.3. The third-order valence-electron chi connectivity index (χ3n) is 2.60. The maximum Gasteiger partial charge on any atom is 0.488 e. The van der Waals surface area contributed by atoms with Crippen LogP contribution in [0.25, 0.3) is 10.4 Å². The van der Waals surface area contributed by atoms with Gasteiger partial charge in [0.15, 0.2) is 0 Å². The highest BCUT2D eigenvalue weighted by molar-refractivity contribution is 6.59. The summed E-state index contributed by atoms with van der Waals surface area (Å²) in [5, 5.41) is 21.9. The molecular formula is C9H13BN4O2. The van der Waals surface area contributed by atoms with Gasteiger partial charge in [-0.3, -0.25) is 0 Å². The minimum Gasteiger partial charge on any atom is -0.423 e. The van der Waals surface area contributed by atoms with Crippen LogP contribution in [0.1, 0.15) is 16.7 Å². The minimum absolute atomic E-state index is 0.250. The van der Waals surface area contributed by atoms with Gasteiger partial charge in [0.05, 0.1) is 0 Å². The summed E-state index contributed by atoms with van der Waals surface area (Å²) in [5.41, 5.74) is 16.8. The van der Waals surface area contributed by atoms with Crippen molar-refractivity contribution in [3.63, 3.8) is 0 Å². The van der Waals surface area contributed by atoms with Gasteiger partial charge in [0.1, 0.15) is 0 Å². The molecule has 1 aromatic carbocycles. The predicted octanol–water partition coefficient (Wildman–Crippen LogP) is 0.384. The number of hydrogen-bond donors (Lipinski definition) is 3. The number of hydrogen-bond acceptors (Lipinski definition) is 4. The van der Waals surface area contributed by atoms with Crippen molar-refractivity contribution in [2.75, 3.05) is 0 Å². The van der Waals surface area contributed by atoms with Gasteiger partial charge in [0.2, 0.25) is 0 Å². The van der Waals surface area contributed by atoms with Gasteiger partial charge in [-0.05, 0) is 41.5 Å². The molecule has 0 spiro atoms. The molecule has 16 heavy (non-hydrogen) atoms. The van der Waals surface area contributed by atoms with Crippen LogP contribution in [0, 0.1) is 13.8 Å². The highest BCUT2D eigenvalue weighted by Gasteiger charge is 2.19. The Bertz CT molecular complexity index is 455. The molecule has 0 aromatic heterocycles. The van der Waals surface area contributed by atoms with E-state index in [0.29, 0.717) is 16.7 Å². The third kappa shape index (κ3) is 2.18. The van der Waals surface area contributed by atoms with Crippen LogP contribution in [-0.2, 0) is 6.54 Å². The normalized spacial score (nSPS) is 9.81. The topological polar surface area (TPSA) is 115 Å². The van der Waals surface area contributed by atoms with E-state index in [1.807, 2.05) is 0 Å². The highest BCUT2D eigenvalue weighted by atomic mass is 16.4. The Kier molecular flexibility index (Phi) is 3.92. The fourth-order valence-electron chi connectivity index (χ4n) is 1.65. The maximum absolute atomic E-state index is 9.19. The smallest absolute Gasteiger partial charge is 0.423 e. The first kappa shape index (κ1) is 12.5. The van der Waals surface area contributed by atoms with Crippen molar-refractivity contribution in [2.24, 2.45) is 10.8 Å². The van der Waals surface area contributed by atoms with E-state index in [2.05, 4.69) is 10.0 Å². The lowest BCUT2D eigenvalue weighted by atomic mass is 9.75. The Morgan fingerprint density at radius 2 is 2.06 bits per heavy atom. The lowest BCUT2D eigenvalue weighted by Crippen LogP contribution is -2.33. The van der Waals surface area contributed by atoms with Gasteiger partial charge < -0.3 is 15.8 Å². The highest BCUT2D eigenvalue weighted by Crippen LogP contribution is 2.25. The Hall–Kier alpha value is -1.53. The Labute approximate surface area is 93.5 Å². The molecule has 7 heteroatoms. The summed E-state index contributed by atoms with van der Waals surface area (Å²) >= 11 is 0. The molecular weight excluding hydrogens is 207 g/mol. The monoisotopic (exact) mass is 220 g/mol. The van der Waals surface area contributed by atoms with E-state index >= 15 is 0 Å². The van der Waals surface area contributed by atoms with Gasteiger partial charge in [-0.25, -0.2) is 0 Å². The maximum atomic E-state index is 9.19. The summed E-state index contributed by atoms with van der Waals surface area (Å²) in [6.07, 6.45) is 0. The Balaban J connectivity index is 3.57. The third-order valence-corrected chi connectivity index (χ3v) is 2.60. The molecule has 0 aliphatic carbocycles. The predicted molar refractivity (Wildman–Crippen MR) is 62.4 cm³/mol. The first-order valence-electron chi connectivity index (χ1n) is 4.77. The molecule has 0 radical (unpaired) electrons. The molecule has 6 nitrogen and oxygen atoms in total. The zero-order valence-corrected chi connectivity index (χ0v) is 9.18. The summed E-state index contributed by atoms with van der Waals surface area (Å²) in [6, 6.07) is 1.62. The lowest BCUT2D eigenvalue weighted by Gasteiger charge is -2.14. The molecule has 0 aliphatic rings. The fraction of sp³-hybridized carbons (Fsp3) is 0.333. The van der Waals surface area contributed by atoms with Crippen molar-refractivity contribution in [1.82, 2.24) is 0 Å². The van der Waals surface area contributed by atoms with Crippen LogP contribution in [-0.4, -0.2) is 17.2 Å². The van der Waals surface area contributed by atoms with Crippen LogP contribution >= 0.6 is 0 Å². The van der Waals surface area contributed by atoms with Gasteiger partial charge in [-0.15, -0.1) is 0 Å². The number of benzene rings is 1. The second kappa shape index (κ2) is 5.00. The molecule has 0 heterocycles. The van der Waals surface area contributed by atoms with Crippen molar-refractivity contribution in [3.05, 3.63) is 33.2 Å². The number of azide groups is 1. The first-order chi connectivity index (χ1) is 7.52. The van der Waals surface area contributed by atoms with Crippen LogP contribution in [0.5, 0.6) is 0 Å². The van der Waals surface area contributed by atoms with E-state index in [4.69, 9.17) is 11.3 Å². The number of rotatable bonds is 3. The van der Waals surface area contributed by atoms with Crippen molar-refractivity contribution >= 4 is 18.3 Å². The molecule has 1 aromatic rings. The van der Waals surface area contributed by atoms with E-state index in [-0.39, 0.29) is 6.54 Å². The second-order valence-electron chi connectivity index (χ2n) is 3.49. The van der Waals surface area contributed by atoms with E-state index < -0.39 is 7.12 Å². The van der Waals surface area contributed by atoms with Gasteiger partial charge >= 0.3 is 7.12 Å². The Morgan fingerprint density at radius 1 is 1.44 bits per heavy atom. The van der Waals surface area contributed by atoms with Crippen LogP contribution in [0.3, 0.4) is 0 Å². The van der Waals surface area contributed by atoms with E-state index in [1.165, 1.54) is 0 Å². The van der Waals surface area contributed by atoms with Gasteiger partial charge in [0.25, 0.3) is 0 Å². The molecule has 1 rings (SSSR count). The van der Waals surface area contributed by atoms with Crippen LogP contribution in [0.15, 0.2) is 11.2 Å². The standard InChI is InChI=1S/C9H13BN4O2/c1-5-7(4-11)3-8(10(15)16)6(2)9(5)13-14-12/h3,15-16H,4,11H2,1-2H3. The van der Waals surface area contributed by atoms with Crippen LogP contribution in [0.2, 0.25) is 0 Å². The van der Waals surface area contributed by atoms with Gasteiger partial charge in [0, 0.05) is 17.1 Å². The van der Waals surface area contributed by atoms with Crippen LogP contribution in [0.4, 0.5) is 5.69 Å². The fourth-order valence-corrected chi connectivity index (χ4v) is 1.65. The SMILES string of the molecule is Cc1c(CN)cc(B(O)O)c(C)c1N=[N+]=[N-]. The van der Waals surface area contributed by atoms with Crippen molar-refractivity contribution in [2.45, 2.75) is 20.4 Å². The van der Waals surface area contributed by atoms with Crippen molar-refractivity contribution in [1.29, 1.82) is 0 Å². The molecule has 0 unspecified atom stereocenters. The summed E-state index contributed by atoms with van der Waals surface area (Å²) < 4.78 is 0. The summed E-state index contributed by atoms with van der Waals surface area (Å²) in [4.78, 5) is 2.72. The molecule has 0 amide bonds. The molecule has 0 saturated heterocycles. The number of nitrogens with zero attached hydrogens (tertiary/aromatic N) is 3. The van der Waals surface area contributed by atoms with E-state index in [9.17, 15) is 10.0 Å². The first-order valence-corrected chi connectivity index (χ1v) is 4.77. The zero-order valence-electron chi connectivity index (χ0n) is 9.18. The second-order valence-corrected chi connectivity index (χ2v) is 3.49. The van der Waals surface area contributed by atoms with E-state index in [0.717, 1.165) is 11.1 Å². The van der Waals surface area contributed by atoms with Gasteiger partial charge in [-0.2, -0.15) is 0 Å². The average molecular weight is 220 g/mol. The Morgan fingerprint density at radius 3 is 2.50 bits per heavy atom.